The van der Waals surface area contributed by atoms with Gasteiger partial charge in [0.1, 0.15) is 5.75 Å². The summed E-state index contributed by atoms with van der Waals surface area (Å²) in [5, 5.41) is 7.35. The molecule has 5 heteroatoms. The van der Waals surface area contributed by atoms with Gasteiger partial charge in [-0.1, -0.05) is 37.6 Å². The van der Waals surface area contributed by atoms with Crippen molar-refractivity contribution in [2.75, 3.05) is 17.7 Å². The van der Waals surface area contributed by atoms with Crippen molar-refractivity contribution in [3.8, 4) is 5.75 Å². The Balaban J connectivity index is 2.05. The third-order valence-electron chi connectivity index (χ3n) is 3.24. The molecule has 0 saturated carbocycles. The number of rotatable bonds is 4. The maximum absolute atomic E-state index is 6.01. The van der Waals surface area contributed by atoms with Crippen LogP contribution in [-0.2, 0) is 0 Å². The third kappa shape index (κ3) is 4.36. The molecule has 0 bridgehead atoms. The van der Waals surface area contributed by atoms with E-state index < -0.39 is 0 Å². The highest BCUT2D eigenvalue weighted by atomic mass is 35.5. The first-order valence-corrected chi connectivity index (χ1v) is 7.79. The molecule has 22 heavy (non-hydrogen) atoms. The van der Waals surface area contributed by atoms with Crippen LogP contribution in [0.1, 0.15) is 25.3 Å². The van der Waals surface area contributed by atoms with Gasteiger partial charge in [0.25, 0.3) is 0 Å². The van der Waals surface area contributed by atoms with Crippen molar-refractivity contribution in [2.24, 2.45) is 0 Å². The molecule has 2 N–H and O–H groups in total. The van der Waals surface area contributed by atoms with E-state index in [1.807, 2.05) is 12.1 Å². The van der Waals surface area contributed by atoms with Gasteiger partial charge in [0.15, 0.2) is 5.11 Å². The van der Waals surface area contributed by atoms with Crippen molar-refractivity contribution in [2.45, 2.75) is 19.8 Å². The predicted octanol–water partition coefficient (Wildman–Crippen LogP) is 5.28. The van der Waals surface area contributed by atoms with Crippen LogP contribution in [-0.4, -0.2) is 12.2 Å². The van der Waals surface area contributed by atoms with Gasteiger partial charge in [-0.15, -0.1) is 0 Å². The molecule has 2 aromatic rings. The lowest BCUT2D eigenvalue weighted by Gasteiger charge is -2.14. The normalized spacial score (nSPS) is 10.4. The van der Waals surface area contributed by atoms with E-state index in [2.05, 4.69) is 36.6 Å². The molecule has 0 aliphatic heterocycles. The molecular weight excluding hydrogens is 316 g/mol. The highest BCUT2D eigenvalue weighted by Gasteiger charge is 2.06. The van der Waals surface area contributed by atoms with Crippen molar-refractivity contribution in [1.82, 2.24) is 0 Å². The first kappa shape index (κ1) is 16.6. The number of ether oxygens (including phenoxy) is 1. The Kier molecular flexibility index (Phi) is 5.63. The Hall–Kier alpha value is -1.78. The predicted molar refractivity (Wildman–Crippen MR) is 98.4 cm³/mol. The first-order chi connectivity index (χ1) is 10.5. The van der Waals surface area contributed by atoms with Crippen LogP contribution in [0.3, 0.4) is 0 Å². The van der Waals surface area contributed by atoms with Crippen LogP contribution in [0.2, 0.25) is 5.02 Å². The van der Waals surface area contributed by atoms with Gasteiger partial charge in [-0.2, -0.15) is 0 Å². The molecule has 0 aliphatic carbocycles. The summed E-state index contributed by atoms with van der Waals surface area (Å²) in [5.74, 6) is 1.19. The zero-order valence-electron chi connectivity index (χ0n) is 12.8. The van der Waals surface area contributed by atoms with Gasteiger partial charge < -0.3 is 15.4 Å². The number of hydrogen-bond acceptors (Lipinski definition) is 2. The molecule has 3 nitrogen and oxygen atoms in total. The van der Waals surface area contributed by atoms with Crippen molar-refractivity contribution in [1.29, 1.82) is 0 Å². The van der Waals surface area contributed by atoms with Crippen molar-refractivity contribution >= 4 is 40.3 Å². The SMILES string of the molecule is COc1ccc(Cl)cc1NC(=S)Nc1ccc(C(C)C)cc1. The first-order valence-electron chi connectivity index (χ1n) is 7.01. The summed E-state index contributed by atoms with van der Waals surface area (Å²) in [6.07, 6.45) is 0. The van der Waals surface area contributed by atoms with Gasteiger partial charge in [-0.05, 0) is 54.0 Å². The van der Waals surface area contributed by atoms with E-state index >= 15 is 0 Å². The molecule has 0 aliphatic rings. The lowest BCUT2D eigenvalue weighted by Crippen LogP contribution is -2.19. The number of halogens is 1. The Labute approximate surface area is 141 Å². The fourth-order valence-electron chi connectivity index (χ4n) is 2.01. The molecule has 0 unspecified atom stereocenters. The molecule has 0 aromatic heterocycles. The quantitative estimate of drug-likeness (QED) is 0.745. The Morgan fingerprint density at radius 2 is 1.77 bits per heavy atom. The van der Waals surface area contributed by atoms with Crippen molar-refractivity contribution < 1.29 is 4.74 Å². The second-order valence-electron chi connectivity index (χ2n) is 5.20. The Morgan fingerprint density at radius 1 is 1.09 bits per heavy atom. The fourth-order valence-corrected chi connectivity index (χ4v) is 2.41. The van der Waals surface area contributed by atoms with E-state index in [4.69, 9.17) is 28.6 Å². The molecular formula is C17H19ClN2OS. The molecule has 116 valence electrons. The fraction of sp³-hybridized carbons (Fsp3) is 0.235. The highest BCUT2D eigenvalue weighted by molar-refractivity contribution is 7.80. The summed E-state index contributed by atoms with van der Waals surface area (Å²) < 4.78 is 5.28. The van der Waals surface area contributed by atoms with E-state index in [9.17, 15) is 0 Å². The molecule has 0 saturated heterocycles. The standard InChI is InChI=1S/C17H19ClN2OS/c1-11(2)12-4-7-14(8-5-12)19-17(22)20-15-10-13(18)6-9-16(15)21-3/h4-11H,1-3H3,(H2,19,20,22). The summed E-state index contributed by atoms with van der Waals surface area (Å²) in [6.45, 7) is 4.33. The summed E-state index contributed by atoms with van der Waals surface area (Å²) in [7, 11) is 1.61. The second kappa shape index (κ2) is 7.47. The minimum atomic E-state index is 0.484. The zero-order valence-corrected chi connectivity index (χ0v) is 14.4. The van der Waals surface area contributed by atoms with E-state index in [1.54, 1.807) is 25.3 Å². The molecule has 0 spiro atoms. The van der Waals surface area contributed by atoms with E-state index in [-0.39, 0.29) is 0 Å². The Bertz CT molecular complexity index is 656. The number of hydrogen-bond donors (Lipinski definition) is 2. The smallest absolute Gasteiger partial charge is 0.175 e. The maximum atomic E-state index is 6.01. The van der Waals surface area contributed by atoms with Crippen LogP contribution < -0.4 is 15.4 Å². The summed E-state index contributed by atoms with van der Waals surface area (Å²) in [4.78, 5) is 0. The summed E-state index contributed by atoms with van der Waals surface area (Å²) in [6, 6.07) is 13.6. The number of methoxy groups -OCH3 is 1. The van der Waals surface area contributed by atoms with E-state index in [1.165, 1.54) is 5.56 Å². The van der Waals surface area contributed by atoms with Crippen molar-refractivity contribution in [3.05, 3.63) is 53.1 Å². The van der Waals surface area contributed by atoms with Crippen LogP contribution in [0.4, 0.5) is 11.4 Å². The van der Waals surface area contributed by atoms with E-state index in [0.717, 1.165) is 11.4 Å². The van der Waals surface area contributed by atoms with Gasteiger partial charge in [0, 0.05) is 10.7 Å². The molecule has 0 fully saturated rings. The summed E-state index contributed by atoms with van der Waals surface area (Å²) >= 11 is 11.3. The van der Waals surface area contributed by atoms with Crippen LogP contribution in [0.25, 0.3) is 0 Å². The molecule has 2 aromatic carbocycles. The van der Waals surface area contributed by atoms with Gasteiger partial charge in [-0.3, -0.25) is 0 Å². The van der Waals surface area contributed by atoms with Crippen molar-refractivity contribution in [3.63, 3.8) is 0 Å². The molecule has 0 atom stereocenters. The second-order valence-corrected chi connectivity index (χ2v) is 6.05. The maximum Gasteiger partial charge on any atom is 0.175 e. The number of thiocarbonyl (C=S) groups is 1. The minimum Gasteiger partial charge on any atom is -0.495 e. The third-order valence-corrected chi connectivity index (χ3v) is 3.68. The molecule has 0 amide bonds. The Morgan fingerprint density at radius 3 is 2.36 bits per heavy atom. The van der Waals surface area contributed by atoms with Crippen LogP contribution in [0.15, 0.2) is 42.5 Å². The zero-order chi connectivity index (χ0) is 16.1. The van der Waals surface area contributed by atoms with Crippen LogP contribution in [0.5, 0.6) is 5.75 Å². The van der Waals surface area contributed by atoms with Crippen LogP contribution in [0, 0.1) is 0 Å². The molecule has 2 rings (SSSR count). The van der Waals surface area contributed by atoms with Gasteiger partial charge in [-0.25, -0.2) is 0 Å². The molecule has 0 heterocycles. The van der Waals surface area contributed by atoms with Crippen LogP contribution >= 0.6 is 23.8 Å². The van der Waals surface area contributed by atoms with Gasteiger partial charge in [0.2, 0.25) is 0 Å². The largest absolute Gasteiger partial charge is 0.495 e. The summed E-state index contributed by atoms with van der Waals surface area (Å²) in [5.41, 5.74) is 2.95. The average Bonchev–Trinajstić information content (AvgIpc) is 2.48. The number of nitrogens with one attached hydrogen (secondary N) is 2. The van der Waals surface area contributed by atoms with E-state index in [0.29, 0.717) is 21.8 Å². The highest BCUT2D eigenvalue weighted by Crippen LogP contribution is 2.27. The van der Waals surface area contributed by atoms with Gasteiger partial charge in [0.05, 0.1) is 12.8 Å². The monoisotopic (exact) mass is 334 g/mol. The minimum absolute atomic E-state index is 0.484. The lowest BCUT2D eigenvalue weighted by molar-refractivity contribution is 0.417. The number of anilines is 2. The average molecular weight is 335 g/mol. The number of benzene rings is 2. The molecule has 0 radical (unpaired) electrons. The topological polar surface area (TPSA) is 33.3 Å². The lowest BCUT2D eigenvalue weighted by atomic mass is 10.0. The van der Waals surface area contributed by atoms with Gasteiger partial charge >= 0.3 is 0 Å².